The molecule has 2 aromatic rings. The van der Waals surface area contributed by atoms with Crippen molar-refractivity contribution in [2.45, 2.75) is 25.3 Å². The van der Waals surface area contributed by atoms with Crippen LogP contribution in [0.2, 0.25) is 0 Å². The van der Waals surface area contributed by atoms with E-state index in [1.165, 1.54) is 4.90 Å². The lowest BCUT2D eigenvalue weighted by Gasteiger charge is -2.31. The summed E-state index contributed by atoms with van der Waals surface area (Å²) in [5.74, 6) is -1.28. The van der Waals surface area contributed by atoms with Gasteiger partial charge in [0.2, 0.25) is 0 Å². The van der Waals surface area contributed by atoms with Crippen LogP contribution in [0.3, 0.4) is 0 Å². The summed E-state index contributed by atoms with van der Waals surface area (Å²) in [5.41, 5.74) is -0.821. The SMILES string of the molecule is CC1(C(=O)O)CCCN1C(=O)c1nccc2ccccc12. The van der Waals surface area contributed by atoms with Crippen LogP contribution in [-0.2, 0) is 4.79 Å². The van der Waals surface area contributed by atoms with Crippen molar-refractivity contribution in [1.29, 1.82) is 0 Å². The van der Waals surface area contributed by atoms with E-state index in [1.54, 1.807) is 13.1 Å². The molecule has 1 unspecified atom stereocenters. The van der Waals surface area contributed by atoms with Gasteiger partial charge in [-0.1, -0.05) is 24.3 Å². The van der Waals surface area contributed by atoms with Crippen LogP contribution in [0.1, 0.15) is 30.3 Å². The molecule has 0 saturated carbocycles. The number of pyridine rings is 1. The number of fused-ring (bicyclic) bond motifs is 1. The molecule has 1 N–H and O–H groups in total. The van der Waals surface area contributed by atoms with E-state index in [2.05, 4.69) is 4.98 Å². The quantitative estimate of drug-likeness (QED) is 0.918. The van der Waals surface area contributed by atoms with Crippen molar-refractivity contribution in [2.75, 3.05) is 6.54 Å². The number of benzene rings is 1. The molecule has 5 nitrogen and oxygen atoms in total. The lowest BCUT2D eigenvalue weighted by Crippen LogP contribution is -2.51. The summed E-state index contributed by atoms with van der Waals surface area (Å²) in [6.45, 7) is 2.05. The number of hydrogen-bond donors (Lipinski definition) is 1. The third-order valence-electron chi connectivity index (χ3n) is 4.22. The van der Waals surface area contributed by atoms with Gasteiger partial charge in [0.05, 0.1) is 0 Å². The van der Waals surface area contributed by atoms with Crippen molar-refractivity contribution < 1.29 is 14.7 Å². The fraction of sp³-hybridized carbons (Fsp3) is 0.312. The maximum absolute atomic E-state index is 12.8. The van der Waals surface area contributed by atoms with Gasteiger partial charge >= 0.3 is 5.97 Å². The molecule has 1 amide bonds. The predicted molar refractivity (Wildman–Crippen MR) is 78.1 cm³/mol. The summed E-state index contributed by atoms with van der Waals surface area (Å²) >= 11 is 0. The molecule has 0 aliphatic carbocycles. The van der Waals surface area contributed by atoms with Gasteiger partial charge in [-0.3, -0.25) is 9.78 Å². The van der Waals surface area contributed by atoms with Crippen molar-refractivity contribution in [1.82, 2.24) is 9.88 Å². The minimum Gasteiger partial charge on any atom is -0.480 e. The maximum atomic E-state index is 12.8. The van der Waals surface area contributed by atoms with Crippen LogP contribution in [0.15, 0.2) is 36.5 Å². The van der Waals surface area contributed by atoms with Crippen molar-refractivity contribution in [2.24, 2.45) is 0 Å². The van der Waals surface area contributed by atoms with Crippen LogP contribution < -0.4 is 0 Å². The molecule has 1 aliphatic rings. The average Bonchev–Trinajstić information content (AvgIpc) is 2.89. The number of carboxylic acid groups (broad SMARTS) is 1. The number of carboxylic acids is 1. The Labute approximate surface area is 122 Å². The van der Waals surface area contributed by atoms with Crippen molar-refractivity contribution in [3.05, 3.63) is 42.2 Å². The topological polar surface area (TPSA) is 70.5 Å². The largest absolute Gasteiger partial charge is 0.480 e. The van der Waals surface area contributed by atoms with Gasteiger partial charge in [0.1, 0.15) is 11.2 Å². The molecule has 0 spiro atoms. The highest BCUT2D eigenvalue weighted by Gasteiger charge is 2.46. The first-order valence-electron chi connectivity index (χ1n) is 6.93. The number of carbonyl (C=O) groups excluding carboxylic acids is 1. The van der Waals surface area contributed by atoms with E-state index < -0.39 is 11.5 Å². The first kappa shape index (κ1) is 13.5. The fourth-order valence-electron chi connectivity index (χ4n) is 2.93. The molecule has 3 rings (SSSR count). The number of carbonyl (C=O) groups is 2. The third kappa shape index (κ3) is 2.05. The first-order chi connectivity index (χ1) is 10.0. The molecule has 1 saturated heterocycles. The van der Waals surface area contributed by atoms with Gasteiger partial charge in [0, 0.05) is 18.1 Å². The Morgan fingerprint density at radius 1 is 1.29 bits per heavy atom. The second-order valence-electron chi connectivity index (χ2n) is 5.52. The molecule has 0 bridgehead atoms. The zero-order chi connectivity index (χ0) is 15.0. The normalized spacial score (nSPS) is 21.7. The van der Waals surface area contributed by atoms with E-state index >= 15 is 0 Å². The lowest BCUT2D eigenvalue weighted by atomic mass is 9.98. The van der Waals surface area contributed by atoms with Gasteiger partial charge in [0.25, 0.3) is 5.91 Å². The Morgan fingerprint density at radius 2 is 2.05 bits per heavy atom. The Balaban J connectivity index is 2.07. The number of hydrogen-bond acceptors (Lipinski definition) is 3. The highest BCUT2D eigenvalue weighted by Crippen LogP contribution is 2.31. The van der Waals surface area contributed by atoms with E-state index in [-0.39, 0.29) is 5.91 Å². The van der Waals surface area contributed by atoms with Crippen LogP contribution in [0, 0.1) is 0 Å². The zero-order valence-electron chi connectivity index (χ0n) is 11.7. The molecule has 1 aliphatic heterocycles. The molecule has 1 aromatic carbocycles. The van der Waals surface area contributed by atoms with Gasteiger partial charge in [-0.05, 0) is 31.2 Å². The van der Waals surface area contributed by atoms with Crippen molar-refractivity contribution >= 4 is 22.6 Å². The number of rotatable bonds is 2. The van der Waals surface area contributed by atoms with E-state index in [0.717, 1.165) is 10.8 Å². The van der Waals surface area contributed by atoms with Crippen LogP contribution in [-0.4, -0.2) is 39.0 Å². The summed E-state index contributed by atoms with van der Waals surface area (Å²) in [7, 11) is 0. The summed E-state index contributed by atoms with van der Waals surface area (Å²) in [6, 6.07) is 9.33. The van der Waals surface area contributed by atoms with Gasteiger partial charge in [0.15, 0.2) is 0 Å². The molecule has 21 heavy (non-hydrogen) atoms. The Kier molecular flexibility index (Phi) is 3.12. The lowest BCUT2D eigenvalue weighted by molar-refractivity contribution is -0.147. The zero-order valence-corrected chi connectivity index (χ0v) is 11.7. The second kappa shape index (κ2) is 4.84. The molecular weight excluding hydrogens is 268 g/mol. The molecule has 108 valence electrons. The minimum atomic E-state index is -1.14. The van der Waals surface area contributed by atoms with Gasteiger partial charge in [-0.15, -0.1) is 0 Å². The summed E-state index contributed by atoms with van der Waals surface area (Å²) in [4.78, 5) is 29.9. The molecular formula is C16H16N2O3. The maximum Gasteiger partial charge on any atom is 0.329 e. The van der Waals surface area contributed by atoms with Crippen LogP contribution in [0.4, 0.5) is 0 Å². The van der Waals surface area contributed by atoms with E-state index in [4.69, 9.17) is 0 Å². The number of aliphatic carboxylic acids is 1. The fourth-order valence-corrected chi connectivity index (χ4v) is 2.93. The number of likely N-dealkylation sites (tertiary alicyclic amines) is 1. The third-order valence-corrected chi connectivity index (χ3v) is 4.22. The Morgan fingerprint density at radius 3 is 2.81 bits per heavy atom. The Bertz CT molecular complexity index is 723. The molecule has 1 atom stereocenters. The van der Waals surface area contributed by atoms with E-state index in [9.17, 15) is 14.7 Å². The van der Waals surface area contributed by atoms with Gasteiger partial charge < -0.3 is 10.0 Å². The van der Waals surface area contributed by atoms with Crippen molar-refractivity contribution in [3.8, 4) is 0 Å². The predicted octanol–water partition coefficient (Wildman–Crippen LogP) is 2.31. The van der Waals surface area contributed by atoms with Crippen LogP contribution >= 0.6 is 0 Å². The number of nitrogens with zero attached hydrogens (tertiary/aromatic N) is 2. The summed E-state index contributed by atoms with van der Waals surface area (Å²) in [5, 5.41) is 11.1. The average molecular weight is 284 g/mol. The molecule has 1 fully saturated rings. The monoisotopic (exact) mass is 284 g/mol. The Hall–Kier alpha value is -2.43. The van der Waals surface area contributed by atoms with Gasteiger partial charge in [-0.25, -0.2) is 4.79 Å². The molecule has 5 heteroatoms. The highest BCUT2D eigenvalue weighted by molar-refractivity contribution is 6.06. The highest BCUT2D eigenvalue weighted by atomic mass is 16.4. The van der Waals surface area contributed by atoms with Gasteiger partial charge in [-0.2, -0.15) is 0 Å². The number of amides is 1. The second-order valence-corrected chi connectivity index (χ2v) is 5.52. The molecule has 0 radical (unpaired) electrons. The minimum absolute atomic E-state index is 0.311. The summed E-state index contributed by atoms with van der Waals surface area (Å²) in [6.07, 6.45) is 2.75. The first-order valence-corrected chi connectivity index (χ1v) is 6.93. The summed E-state index contributed by atoms with van der Waals surface area (Å²) < 4.78 is 0. The standard InChI is InChI=1S/C16H16N2O3/c1-16(15(20)21)8-4-10-18(16)14(19)13-12-6-3-2-5-11(12)7-9-17-13/h2-3,5-7,9H,4,8,10H2,1H3,(H,20,21). The molecule has 2 heterocycles. The van der Waals surface area contributed by atoms with E-state index in [1.807, 2.05) is 30.3 Å². The van der Waals surface area contributed by atoms with Crippen molar-refractivity contribution in [3.63, 3.8) is 0 Å². The van der Waals surface area contributed by atoms with Crippen LogP contribution in [0.25, 0.3) is 10.8 Å². The smallest absolute Gasteiger partial charge is 0.329 e. The van der Waals surface area contributed by atoms with Crippen LogP contribution in [0.5, 0.6) is 0 Å². The molecule has 1 aromatic heterocycles. The van der Waals surface area contributed by atoms with E-state index in [0.29, 0.717) is 25.1 Å². The number of aromatic nitrogens is 1.